The summed E-state index contributed by atoms with van der Waals surface area (Å²) in [6.07, 6.45) is 14.4. The molecule has 3 radical (unpaired) electrons. The summed E-state index contributed by atoms with van der Waals surface area (Å²) in [6.45, 7) is 2.25. The number of carbonyl (C=O) groups is 1. The number of hydrogen-bond acceptors (Lipinski definition) is 1. The topological polar surface area (TPSA) is 37.3 Å². The van der Waals surface area contributed by atoms with Crippen LogP contribution < -0.4 is 0 Å². The lowest BCUT2D eigenvalue weighted by Gasteiger charge is -2.01. The highest BCUT2D eigenvalue weighted by Crippen LogP contribution is 2.11. The zero-order chi connectivity index (χ0) is 12.1. The van der Waals surface area contributed by atoms with Gasteiger partial charge in [-0.05, 0) is 6.42 Å². The summed E-state index contributed by atoms with van der Waals surface area (Å²) in [5.41, 5.74) is 0. The molecule has 17 heavy (non-hydrogen) atoms. The average Bonchev–Trinajstić information content (AvgIpc) is 2.25. The SMILES string of the molecule is CCCCCCCCCCCCCC(=O)O.[Al]. The highest BCUT2D eigenvalue weighted by atomic mass is 27.0. The van der Waals surface area contributed by atoms with E-state index < -0.39 is 5.97 Å². The lowest BCUT2D eigenvalue weighted by molar-refractivity contribution is -0.137. The zero-order valence-electron chi connectivity index (χ0n) is 11.4. The number of unbranched alkanes of at least 4 members (excludes halogenated alkanes) is 10. The van der Waals surface area contributed by atoms with Crippen LogP contribution >= 0.6 is 0 Å². The van der Waals surface area contributed by atoms with Crippen LogP contribution in [0.5, 0.6) is 0 Å². The van der Waals surface area contributed by atoms with Crippen LogP contribution in [-0.2, 0) is 4.79 Å². The minimum atomic E-state index is -0.657. The Morgan fingerprint density at radius 1 is 0.765 bits per heavy atom. The molecule has 0 aromatic heterocycles. The smallest absolute Gasteiger partial charge is 0.303 e. The van der Waals surface area contributed by atoms with Gasteiger partial charge >= 0.3 is 5.97 Å². The van der Waals surface area contributed by atoms with Crippen LogP contribution in [0.15, 0.2) is 0 Å². The molecule has 0 fully saturated rings. The molecule has 0 unspecified atom stereocenters. The van der Waals surface area contributed by atoms with Crippen LogP contribution in [0, 0.1) is 0 Å². The van der Waals surface area contributed by atoms with Gasteiger partial charge in [0.05, 0.1) is 0 Å². The van der Waals surface area contributed by atoms with Gasteiger partial charge in [-0.3, -0.25) is 4.79 Å². The van der Waals surface area contributed by atoms with Crippen LogP contribution in [0.1, 0.15) is 84.0 Å². The molecule has 0 aromatic carbocycles. The standard InChI is InChI=1S/C14H28O2.Al/c1-2-3-4-5-6-7-8-9-10-11-12-13-14(15)16;/h2-13H2,1H3,(H,15,16);. The quantitative estimate of drug-likeness (QED) is 0.415. The molecule has 0 rings (SSSR count). The van der Waals surface area contributed by atoms with Crippen LogP contribution in [0.2, 0.25) is 0 Å². The molecule has 0 saturated heterocycles. The Morgan fingerprint density at radius 2 is 1.12 bits per heavy atom. The van der Waals surface area contributed by atoms with Crippen LogP contribution in [-0.4, -0.2) is 28.4 Å². The van der Waals surface area contributed by atoms with Crippen molar-refractivity contribution in [1.29, 1.82) is 0 Å². The predicted octanol–water partition coefficient (Wildman–Crippen LogP) is 4.39. The van der Waals surface area contributed by atoms with E-state index in [4.69, 9.17) is 5.11 Å². The average molecular weight is 255 g/mol. The van der Waals surface area contributed by atoms with E-state index in [9.17, 15) is 4.79 Å². The maximum atomic E-state index is 10.3. The van der Waals surface area contributed by atoms with Gasteiger partial charge in [0.25, 0.3) is 0 Å². The maximum absolute atomic E-state index is 10.3. The Bertz CT molecular complexity index is 160. The molecule has 3 heteroatoms. The van der Waals surface area contributed by atoms with Crippen molar-refractivity contribution in [3.8, 4) is 0 Å². The molecule has 99 valence electrons. The van der Waals surface area contributed by atoms with E-state index in [1.54, 1.807) is 0 Å². The summed E-state index contributed by atoms with van der Waals surface area (Å²) in [6, 6.07) is 0. The van der Waals surface area contributed by atoms with Gasteiger partial charge in [-0.2, -0.15) is 0 Å². The van der Waals surface area contributed by atoms with E-state index >= 15 is 0 Å². The highest BCUT2D eigenvalue weighted by Gasteiger charge is 1.96. The molecule has 0 aliphatic carbocycles. The second kappa shape index (κ2) is 16.0. The van der Waals surface area contributed by atoms with Crippen molar-refractivity contribution in [1.82, 2.24) is 0 Å². The second-order valence-corrected chi connectivity index (χ2v) is 4.68. The molecule has 0 spiro atoms. The molecule has 0 aromatic rings. The van der Waals surface area contributed by atoms with Gasteiger partial charge in [0.15, 0.2) is 0 Å². The summed E-state index contributed by atoms with van der Waals surface area (Å²) in [5, 5.41) is 8.46. The third kappa shape index (κ3) is 18.6. The van der Waals surface area contributed by atoms with Crippen molar-refractivity contribution in [2.45, 2.75) is 84.0 Å². The molecular weight excluding hydrogens is 227 g/mol. The van der Waals surface area contributed by atoms with Gasteiger partial charge in [0, 0.05) is 23.8 Å². The fraction of sp³-hybridized carbons (Fsp3) is 0.929. The summed E-state index contributed by atoms with van der Waals surface area (Å²) in [7, 11) is 0. The van der Waals surface area contributed by atoms with E-state index in [-0.39, 0.29) is 17.4 Å². The predicted molar refractivity (Wildman–Crippen MR) is 74.5 cm³/mol. The van der Waals surface area contributed by atoms with Gasteiger partial charge in [-0.25, -0.2) is 0 Å². The minimum absolute atomic E-state index is 0. The molecule has 0 aliphatic heterocycles. The van der Waals surface area contributed by atoms with Gasteiger partial charge in [0.2, 0.25) is 0 Å². The Hall–Kier alpha value is 0.00247. The third-order valence-corrected chi connectivity index (χ3v) is 2.99. The molecule has 1 N–H and O–H groups in total. The normalized spacial score (nSPS) is 9.94. The Kier molecular flexibility index (Phi) is 18.2. The van der Waals surface area contributed by atoms with Crippen LogP contribution in [0.3, 0.4) is 0 Å². The summed E-state index contributed by atoms with van der Waals surface area (Å²) >= 11 is 0. The number of aliphatic carboxylic acids is 1. The molecule has 0 saturated carbocycles. The Balaban J connectivity index is 0. The zero-order valence-corrected chi connectivity index (χ0v) is 12.6. The monoisotopic (exact) mass is 255 g/mol. The molecule has 0 bridgehead atoms. The summed E-state index contributed by atoms with van der Waals surface area (Å²) in [4.78, 5) is 10.3. The van der Waals surface area contributed by atoms with Crippen molar-refractivity contribution in [2.75, 3.05) is 0 Å². The molecule has 0 heterocycles. The number of hydrogen-bond donors (Lipinski definition) is 1. The Labute approximate surface area is 117 Å². The summed E-state index contributed by atoms with van der Waals surface area (Å²) < 4.78 is 0. The van der Waals surface area contributed by atoms with E-state index in [1.165, 1.54) is 57.8 Å². The van der Waals surface area contributed by atoms with E-state index in [1.807, 2.05) is 0 Å². The first-order chi connectivity index (χ1) is 7.77. The maximum Gasteiger partial charge on any atom is 0.303 e. The van der Waals surface area contributed by atoms with Gasteiger partial charge in [0.1, 0.15) is 0 Å². The third-order valence-electron chi connectivity index (χ3n) is 2.99. The second-order valence-electron chi connectivity index (χ2n) is 4.68. The highest BCUT2D eigenvalue weighted by molar-refractivity contribution is 5.75. The molecule has 2 nitrogen and oxygen atoms in total. The number of carboxylic acids is 1. The Morgan fingerprint density at radius 3 is 1.47 bits per heavy atom. The largest absolute Gasteiger partial charge is 0.481 e. The molecule has 0 amide bonds. The molecule has 0 aliphatic rings. The van der Waals surface area contributed by atoms with Crippen molar-refractivity contribution in [2.24, 2.45) is 0 Å². The van der Waals surface area contributed by atoms with Gasteiger partial charge in [-0.1, -0.05) is 71.1 Å². The van der Waals surface area contributed by atoms with Gasteiger partial charge in [-0.15, -0.1) is 0 Å². The summed E-state index contributed by atoms with van der Waals surface area (Å²) in [5.74, 6) is -0.657. The van der Waals surface area contributed by atoms with Crippen molar-refractivity contribution in [3.63, 3.8) is 0 Å². The van der Waals surface area contributed by atoms with Crippen molar-refractivity contribution < 1.29 is 9.90 Å². The fourth-order valence-corrected chi connectivity index (χ4v) is 1.94. The minimum Gasteiger partial charge on any atom is -0.481 e. The van der Waals surface area contributed by atoms with Crippen molar-refractivity contribution in [3.05, 3.63) is 0 Å². The van der Waals surface area contributed by atoms with Crippen LogP contribution in [0.25, 0.3) is 0 Å². The first kappa shape index (κ1) is 19.3. The molecule has 0 atom stereocenters. The van der Waals surface area contributed by atoms with E-state index in [2.05, 4.69) is 6.92 Å². The van der Waals surface area contributed by atoms with Crippen molar-refractivity contribution >= 4 is 23.3 Å². The lowest BCUT2D eigenvalue weighted by atomic mass is 10.1. The number of rotatable bonds is 12. The van der Waals surface area contributed by atoms with Crippen LogP contribution in [0.4, 0.5) is 0 Å². The molecular formula is C14H28AlO2. The first-order valence-corrected chi connectivity index (χ1v) is 6.99. The van der Waals surface area contributed by atoms with E-state index in [0.717, 1.165) is 12.8 Å². The fourth-order valence-electron chi connectivity index (χ4n) is 1.94. The first-order valence-electron chi connectivity index (χ1n) is 6.99. The van der Waals surface area contributed by atoms with Gasteiger partial charge < -0.3 is 5.11 Å². The lowest BCUT2D eigenvalue weighted by Crippen LogP contribution is -1.93. The number of carboxylic acid groups (broad SMARTS) is 1. The van der Waals surface area contributed by atoms with E-state index in [0.29, 0.717) is 6.42 Å².